The molecule has 0 fully saturated rings. The smallest absolute Gasteiger partial charge is 0.0838 e. The molecular formula is C7H12N2O. The van der Waals surface area contributed by atoms with Crippen molar-refractivity contribution < 1.29 is 0 Å². The van der Waals surface area contributed by atoms with Crippen LogP contribution in [0.3, 0.4) is 0 Å². The van der Waals surface area contributed by atoms with Crippen LogP contribution in [0, 0.1) is 4.91 Å². The van der Waals surface area contributed by atoms with E-state index >= 15 is 0 Å². The van der Waals surface area contributed by atoms with Gasteiger partial charge in [0.15, 0.2) is 0 Å². The van der Waals surface area contributed by atoms with Crippen LogP contribution in [0.2, 0.25) is 0 Å². The molecule has 0 saturated carbocycles. The maximum atomic E-state index is 9.84. The minimum atomic E-state index is 0.405. The molecule has 0 aliphatic heterocycles. The van der Waals surface area contributed by atoms with Gasteiger partial charge in [0, 0.05) is 5.70 Å². The van der Waals surface area contributed by atoms with E-state index in [1.807, 2.05) is 13.0 Å². The zero-order valence-electron chi connectivity index (χ0n) is 6.29. The molecule has 10 heavy (non-hydrogen) atoms. The Labute approximate surface area is 60.6 Å². The monoisotopic (exact) mass is 140 g/mol. The molecule has 0 unspecified atom stereocenters. The molecule has 0 aromatic heterocycles. The van der Waals surface area contributed by atoms with Crippen molar-refractivity contribution in [2.75, 3.05) is 0 Å². The fourth-order valence-corrected chi connectivity index (χ4v) is 0.562. The second-order valence-corrected chi connectivity index (χ2v) is 1.99. The van der Waals surface area contributed by atoms with Crippen LogP contribution < -0.4 is 5.73 Å². The Hall–Kier alpha value is -1.12. The summed E-state index contributed by atoms with van der Waals surface area (Å²) in [4.78, 5) is 9.84. The van der Waals surface area contributed by atoms with Crippen LogP contribution in [0.15, 0.2) is 28.7 Å². The molecule has 0 amide bonds. The van der Waals surface area contributed by atoms with Gasteiger partial charge < -0.3 is 5.73 Å². The van der Waals surface area contributed by atoms with Gasteiger partial charge in [-0.1, -0.05) is 13.0 Å². The molecule has 3 heteroatoms. The molecule has 3 nitrogen and oxygen atoms in total. The molecule has 0 heterocycles. The van der Waals surface area contributed by atoms with E-state index in [0.29, 0.717) is 11.4 Å². The van der Waals surface area contributed by atoms with Gasteiger partial charge in [-0.05, 0) is 24.6 Å². The Bertz CT molecular complexity index is 170. The summed E-state index contributed by atoms with van der Waals surface area (Å²) in [6.45, 7) is 3.59. The van der Waals surface area contributed by atoms with Crippen molar-refractivity contribution in [1.82, 2.24) is 0 Å². The van der Waals surface area contributed by atoms with Crippen LogP contribution in [0.4, 0.5) is 0 Å². The molecule has 0 saturated heterocycles. The minimum absolute atomic E-state index is 0.405. The highest BCUT2D eigenvalue weighted by Gasteiger charge is 1.85. The number of rotatable bonds is 3. The lowest BCUT2D eigenvalue weighted by atomic mass is 10.3. The molecule has 0 rings (SSSR count). The summed E-state index contributed by atoms with van der Waals surface area (Å²) in [6, 6.07) is 0. The van der Waals surface area contributed by atoms with Crippen LogP contribution in [-0.2, 0) is 0 Å². The Morgan fingerprint density at radius 2 is 2.30 bits per heavy atom. The standard InChI is InChI=1S/C7H12N2O/c1-3-4-7(8)5-6(2)9-10/h4-5H,3,8H2,1-2H3/b6-5+,7-4+. The van der Waals surface area contributed by atoms with Crippen molar-refractivity contribution in [3.63, 3.8) is 0 Å². The average molecular weight is 140 g/mol. The average Bonchev–Trinajstić information content (AvgIpc) is 1.88. The zero-order valence-corrected chi connectivity index (χ0v) is 6.29. The van der Waals surface area contributed by atoms with Crippen molar-refractivity contribution in [1.29, 1.82) is 0 Å². The summed E-state index contributed by atoms with van der Waals surface area (Å²) in [5, 5.41) is 2.70. The molecule has 0 spiro atoms. The largest absolute Gasteiger partial charge is 0.399 e. The highest BCUT2D eigenvalue weighted by molar-refractivity contribution is 5.18. The molecule has 0 atom stereocenters. The Morgan fingerprint density at radius 3 is 2.70 bits per heavy atom. The van der Waals surface area contributed by atoms with E-state index in [0.717, 1.165) is 6.42 Å². The van der Waals surface area contributed by atoms with E-state index < -0.39 is 0 Å². The lowest BCUT2D eigenvalue weighted by Gasteiger charge is -1.89. The molecule has 0 aromatic carbocycles. The first kappa shape index (κ1) is 8.88. The second kappa shape index (κ2) is 4.73. The van der Waals surface area contributed by atoms with Crippen LogP contribution >= 0.6 is 0 Å². The highest BCUT2D eigenvalue weighted by atomic mass is 16.3. The van der Waals surface area contributed by atoms with E-state index in [1.165, 1.54) is 0 Å². The third kappa shape index (κ3) is 3.83. The van der Waals surface area contributed by atoms with Gasteiger partial charge in [-0.15, -0.1) is 4.91 Å². The van der Waals surface area contributed by atoms with Crippen LogP contribution in [0.1, 0.15) is 20.3 Å². The topological polar surface area (TPSA) is 55.4 Å². The Morgan fingerprint density at radius 1 is 1.70 bits per heavy atom. The first-order valence-electron chi connectivity index (χ1n) is 3.18. The van der Waals surface area contributed by atoms with Gasteiger partial charge in [-0.25, -0.2) is 0 Å². The summed E-state index contributed by atoms with van der Waals surface area (Å²) < 4.78 is 0. The van der Waals surface area contributed by atoms with Gasteiger partial charge in [-0.3, -0.25) is 0 Å². The molecule has 0 radical (unpaired) electrons. The van der Waals surface area contributed by atoms with Crippen molar-refractivity contribution in [3.8, 4) is 0 Å². The van der Waals surface area contributed by atoms with Crippen molar-refractivity contribution >= 4 is 0 Å². The van der Waals surface area contributed by atoms with Gasteiger partial charge in [0.1, 0.15) is 0 Å². The molecule has 0 aliphatic carbocycles. The first-order valence-corrected chi connectivity index (χ1v) is 3.18. The molecule has 2 N–H and O–H groups in total. The van der Waals surface area contributed by atoms with E-state index in [1.54, 1.807) is 13.0 Å². The van der Waals surface area contributed by atoms with Crippen LogP contribution in [0.5, 0.6) is 0 Å². The predicted octanol–water partition coefficient (Wildman–Crippen LogP) is 1.91. The normalized spacial score (nSPS) is 13.4. The van der Waals surface area contributed by atoms with Gasteiger partial charge in [0.2, 0.25) is 0 Å². The summed E-state index contributed by atoms with van der Waals surface area (Å²) in [5.74, 6) is 0. The summed E-state index contributed by atoms with van der Waals surface area (Å²) in [5.41, 5.74) is 6.45. The number of hydrogen-bond donors (Lipinski definition) is 1. The second-order valence-electron chi connectivity index (χ2n) is 1.99. The predicted molar refractivity (Wildman–Crippen MR) is 42.1 cm³/mol. The van der Waals surface area contributed by atoms with Gasteiger partial charge >= 0.3 is 0 Å². The lowest BCUT2D eigenvalue weighted by Crippen LogP contribution is -1.92. The van der Waals surface area contributed by atoms with E-state index in [-0.39, 0.29) is 0 Å². The molecule has 0 bridgehead atoms. The SMILES string of the molecule is CC/C=C(N)\C=C(/C)N=O. The lowest BCUT2D eigenvalue weighted by molar-refractivity contribution is 1.17. The third-order valence-corrected chi connectivity index (χ3v) is 0.959. The maximum absolute atomic E-state index is 9.84. The van der Waals surface area contributed by atoms with Crippen molar-refractivity contribution in [2.45, 2.75) is 20.3 Å². The van der Waals surface area contributed by atoms with Crippen LogP contribution in [-0.4, -0.2) is 0 Å². The van der Waals surface area contributed by atoms with E-state index in [2.05, 4.69) is 5.18 Å². The Kier molecular flexibility index (Phi) is 4.20. The summed E-state index contributed by atoms with van der Waals surface area (Å²) in [7, 11) is 0. The molecule has 56 valence electrons. The van der Waals surface area contributed by atoms with E-state index in [9.17, 15) is 4.91 Å². The number of hydrogen-bond acceptors (Lipinski definition) is 3. The molecule has 0 aliphatic rings. The quantitative estimate of drug-likeness (QED) is 0.481. The fraction of sp³-hybridized carbons (Fsp3) is 0.429. The van der Waals surface area contributed by atoms with Gasteiger partial charge in [0.25, 0.3) is 0 Å². The van der Waals surface area contributed by atoms with Crippen LogP contribution in [0.25, 0.3) is 0 Å². The van der Waals surface area contributed by atoms with Gasteiger partial charge in [0.05, 0.1) is 5.70 Å². The first-order chi connectivity index (χ1) is 4.70. The Balaban J connectivity index is 4.11. The zero-order chi connectivity index (χ0) is 7.98. The van der Waals surface area contributed by atoms with Crippen molar-refractivity contribution in [3.05, 3.63) is 28.5 Å². The highest BCUT2D eigenvalue weighted by Crippen LogP contribution is 1.98. The van der Waals surface area contributed by atoms with Gasteiger partial charge in [-0.2, -0.15) is 0 Å². The minimum Gasteiger partial charge on any atom is -0.399 e. The van der Waals surface area contributed by atoms with Crippen molar-refractivity contribution in [2.24, 2.45) is 10.9 Å². The maximum Gasteiger partial charge on any atom is 0.0838 e. The molecule has 0 aromatic rings. The number of allylic oxidation sites excluding steroid dienone is 3. The summed E-state index contributed by atoms with van der Waals surface area (Å²) in [6.07, 6.45) is 4.25. The number of nitrogens with two attached hydrogens (primary N) is 1. The number of nitroso groups, excluding NO2 is 1. The molecular weight excluding hydrogens is 128 g/mol. The summed E-state index contributed by atoms with van der Waals surface area (Å²) >= 11 is 0. The third-order valence-electron chi connectivity index (χ3n) is 0.959. The fourth-order valence-electron chi connectivity index (χ4n) is 0.562. The number of nitrogens with zero attached hydrogens (tertiary/aromatic N) is 1. The van der Waals surface area contributed by atoms with E-state index in [4.69, 9.17) is 5.73 Å².